The smallest absolute Gasteiger partial charge is 0.313 e. The predicted molar refractivity (Wildman–Crippen MR) is 73.3 cm³/mol. The molecule has 2 aromatic heterocycles. The molecule has 1 unspecified atom stereocenters. The van der Waals surface area contributed by atoms with E-state index in [9.17, 15) is 4.79 Å². The molecule has 102 valence electrons. The number of carbonyl (C=O) groups is 1. The van der Waals surface area contributed by atoms with E-state index in [2.05, 4.69) is 15.2 Å². The Hall–Kier alpha value is -1.61. The normalized spacial score (nSPS) is 12.5. The summed E-state index contributed by atoms with van der Waals surface area (Å²) in [5.74, 6) is -0.706. The Morgan fingerprint density at radius 2 is 2.42 bits per heavy atom. The zero-order valence-corrected chi connectivity index (χ0v) is 11.8. The monoisotopic (exact) mass is 299 g/mol. The largest absolute Gasteiger partial charge is 0.481 e. The lowest BCUT2D eigenvalue weighted by Gasteiger charge is -2.16. The molecule has 0 saturated heterocycles. The molecule has 0 aliphatic heterocycles. The third-order valence-corrected chi connectivity index (χ3v) is 4.26. The minimum Gasteiger partial charge on any atom is -0.481 e. The average Bonchev–Trinajstić information content (AvgIpc) is 3.00. The number of carboxylic acid groups (broad SMARTS) is 1. The number of nitrogens with two attached hydrogens (primary N) is 1. The quantitative estimate of drug-likeness (QED) is 0.778. The molecule has 0 aliphatic carbocycles. The maximum absolute atomic E-state index is 10.6. The van der Waals surface area contributed by atoms with E-state index in [0.717, 1.165) is 23.2 Å². The number of rotatable bonds is 6. The van der Waals surface area contributed by atoms with Gasteiger partial charge in [0.05, 0.1) is 11.8 Å². The van der Waals surface area contributed by atoms with Crippen LogP contribution in [-0.4, -0.2) is 36.6 Å². The van der Waals surface area contributed by atoms with Crippen LogP contribution in [0.2, 0.25) is 0 Å². The number of hydrogen-bond acceptors (Lipinski definition) is 7. The summed E-state index contributed by atoms with van der Waals surface area (Å²) in [6.07, 6.45) is 2.50. The lowest BCUT2D eigenvalue weighted by atomic mass is 10.2. The van der Waals surface area contributed by atoms with Crippen molar-refractivity contribution in [2.45, 2.75) is 24.5 Å². The van der Waals surface area contributed by atoms with Gasteiger partial charge < -0.3 is 10.8 Å². The average molecular weight is 299 g/mol. The summed E-state index contributed by atoms with van der Waals surface area (Å²) in [7, 11) is 0. The minimum absolute atomic E-state index is 0.0636. The minimum atomic E-state index is -0.902. The Morgan fingerprint density at radius 1 is 1.63 bits per heavy atom. The highest BCUT2D eigenvalue weighted by molar-refractivity contribution is 7.99. The van der Waals surface area contributed by atoms with Crippen molar-refractivity contribution in [3.8, 4) is 0 Å². The van der Waals surface area contributed by atoms with Gasteiger partial charge in [-0.2, -0.15) is 0 Å². The zero-order valence-electron chi connectivity index (χ0n) is 10.2. The standard InChI is InChI=1S/C10H13N5O2S2/c1-2-6(8-12-3-4-18-8)15-9(11)13-14-10(15)19-5-7(16)17/h3-4,6H,2,5H2,1H3,(H2,11,13)(H,16,17). The lowest BCUT2D eigenvalue weighted by Crippen LogP contribution is -2.14. The first kappa shape index (κ1) is 13.8. The van der Waals surface area contributed by atoms with Crippen LogP contribution < -0.4 is 5.73 Å². The van der Waals surface area contributed by atoms with Crippen molar-refractivity contribution in [1.82, 2.24) is 19.7 Å². The van der Waals surface area contributed by atoms with Crippen LogP contribution in [0, 0.1) is 0 Å². The number of aliphatic carboxylic acids is 1. The molecule has 1 atom stereocenters. The summed E-state index contributed by atoms with van der Waals surface area (Å²) in [6, 6.07) is -0.0636. The molecule has 0 saturated carbocycles. The van der Waals surface area contributed by atoms with Gasteiger partial charge in [-0.05, 0) is 6.42 Å². The van der Waals surface area contributed by atoms with Gasteiger partial charge in [0.2, 0.25) is 5.95 Å². The Morgan fingerprint density at radius 3 is 3.00 bits per heavy atom. The number of anilines is 1. The third-order valence-electron chi connectivity index (χ3n) is 2.45. The van der Waals surface area contributed by atoms with Gasteiger partial charge in [0.1, 0.15) is 5.01 Å². The van der Waals surface area contributed by atoms with E-state index >= 15 is 0 Å². The molecule has 3 N–H and O–H groups in total. The van der Waals surface area contributed by atoms with Crippen molar-refractivity contribution >= 4 is 35.0 Å². The first-order chi connectivity index (χ1) is 9.13. The summed E-state index contributed by atoms with van der Waals surface area (Å²) in [5, 5.41) is 19.8. The summed E-state index contributed by atoms with van der Waals surface area (Å²) in [5.41, 5.74) is 5.84. The van der Waals surface area contributed by atoms with Gasteiger partial charge >= 0.3 is 5.97 Å². The molecule has 9 heteroatoms. The maximum Gasteiger partial charge on any atom is 0.313 e. The number of nitrogen functional groups attached to an aromatic ring is 1. The van der Waals surface area contributed by atoms with Crippen LogP contribution in [0.3, 0.4) is 0 Å². The highest BCUT2D eigenvalue weighted by atomic mass is 32.2. The molecule has 0 spiro atoms. The fourth-order valence-electron chi connectivity index (χ4n) is 1.67. The van der Waals surface area contributed by atoms with E-state index in [1.165, 1.54) is 11.3 Å². The van der Waals surface area contributed by atoms with Gasteiger partial charge in [-0.25, -0.2) is 4.98 Å². The molecule has 2 heterocycles. The number of thiazole rings is 1. The molecule has 2 rings (SSSR count). The molecule has 0 aromatic carbocycles. The van der Waals surface area contributed by atoms with Gasteiger partial charge in [-0.15, -0.1) is 21.5 Å². The van der Waals surface area contributed by atoms with Gasteiger partial charge in [-0.1, -0.05) is 18.7 Å². The number of hydrogen-bond donors (Lipinski definition) is 2. The molecule has 0 amide bonds. The number of thioether (sulfide) groups is 1. The van der Waals surface area contributed by atoms with Crippen molar-refractivity contribution in [3.05, 3.63) is 16.6 Å². The van der Waals surface area contributed by atoms with Crippen molar-refractivity contribution in [1.29, 1.82) is 0 Å². The van der Waals surface area contributed by atoms with Crippen molar-refractivity contribution < 1.29 is 9.90 Å². The molecule has 0 aliphatic rings. The number of aromatic nitrogens is 4. The Balaban J connectivity index is 2.31. The van der Waals surface area contributed by atoms with Gasteiger partial charge in [0.15, 0.2) is 5.16 Å². The highest BCUT2D eigenvalue weighted by Crippen LogP contribution is 2.30. The van der Waals surface area contributed by atoms with Gasteiger partial charge in [0.25, 0.3) is 0 Å². The fraction of sp³-hybridized carbons (Fsp3) is 0.400. The second kappa shape index (κ2) is 6.02. The molecular formula is C10H13N5O2S2. The summed E-state index contributed by atoms with van der Waals surface area (Å²) in [4.78, 5) is 14.9. The predicted octanol–water partition coefficient (Wildman–Crippen LogP) is 1.49. The summed E-state index contributed by atoms with van der Waals surface area (Å²) < 4.78 is 1.74. The first-order valence-electron chi connectivity index (χ1n) is 5.57. The Labute approximate surface area is 117 Å². The molecule has 2 aromatic rings. The van der Waals surface area contributed by atoms with Crippen molar-refractivity contribution in [2.75, 3.05) is 11.5 Å². The molecule has 0 radical (unpaired) electrons. The molecule has 0 fully saturated rings. The van der Waals surface area contributed by atoms with Crippen molar-refractivity contribution in [2.24, 2.45) is 0 Å². The second-order valence-corrected chi connectivity index (χ2v) is 5.56. The summed E-state index contributed by atoms with van der Waals surface area (Å²) in [6.45, 7) is 2.01. The van der Waals surface area contributed by atoms with Crippen LogP contribution in [0.1, 0.15) is 24.4 Å². The van der Waals surface area contributed by atoms with Crippen molar-refractivity contribution in [3.63, 3.8) is 0 Å². The first-order valence-corrected chi connectivity index (χ1v) is 7.44. The van der Waals surface area contributed by atoms with Crippen LogP contribution in [0.4, 0.5) is 5.95 Å². The third kappa shape index (κ3) is 3.04. The van der Waals surface area contributed by atoms with E-state index in [0.29, 0.717) is 5.16 Å². The van der Waals surface area contributed by atoms with E-state index in [4.69, 9.17) is 10.8 Å². The van der Waals surface area contributed by atoms with Crippen LogP contribution >= 0.6 is 23.1 Å². The van der Waals surface area contributed by atoms with Gasteiger partial charge in [-0.3, -0.25) is 9.36 Å². The van der Waals surface area contributed by atoms with E-state index < -0.39 is 5.97 Å². The van der Waals surface area contributed by atoms with E-state index in [1.54, 1.807) is 10.8 Å². The van der Waals surface area contributed by atoms with Crippen LogP contribution in [0.25, 0.3) is 0 Å². The summed E-state index contributed by atoms with van der Waals surface area (Å²) >= 11 is 2.63. The van der Waals surface area contributed by atoms with Crippen LogP contribution in [0.5, 0.6) is 0 Å². The topological polar surface area (TPSA) is 107 Å². The second-order valence-electron chi connectivity index (χ2n) is 3.69. The van der Waals surface area contributed by atoms with E-state index in [1.807, 2.05) is 12.3 Å². The zero-order chi connectivity index (χ0) is 13.8. The fourth-order valence-corrected chi connectivity index (χ4v) is 3.20. The van der Waals surface area contributed by atoms with E-state index in [-0.39, 0.29) is 17.7 Å². The molecule has 0 bridgehead atoms. The van der Waals surface area contributed by atoms with Crippen LogP contribution in [0.15, 0.2) is 16.7 Å². The lowest BCUT2D eigenvalue weighted by molar-refractivity contribution is -0.133. The van der Waals surface area contributed by atoms with Gasteiger partial charge in [0, 0.05) is 11.6 Å². The highest BCUT2D eigenvalue weighted by Gasteiger charge is 2.22. The molecule has 19 heavy (non-hydrogen) atoms. The maximum atomic E-state index is 10.6. The van der Waals surface area contributed by atoms with Crippen LogP contribution in [-0.2, 0) is 4.79 Å². The number of nitrogens with zero attached hydrogens (tertiary/aromatic N) is 4. The molecular weight excluding hydrogens is 286 g/mol. The Bertz CT molecular complexity index is 554. The molecule has 7 nitrogen and oxygen atoms in total. The SMILES string of the molecule is CCC(c1nccs1)n1c(N)nnc1SCC(=O)O. The Kier molecular flexibility index (Phi) is 4.38. The number of carboxylic acids is 1.